The number of rotatable bonds is 6. The molecule has 2 aliphatic heterocycles. The Morgan fingerprint density at radius 1 is 1.15 bits per heavy atom. The number of anilines is 1. The average Bonchev–Trinajstić information content (AvgIpc) is 3.23. The lowest BCUT2D eigenvalue weighted by Gasteiger charge is -2.43. The molecule has 0 aliphatic carbocycles. The van der Waals surface area contributed by atoms with E-state index in [4.69, 9.17) is 9.47 Å². The number of piperazine rings is 1. The van der Waals surface area contributed by atoms with Gasteiger partial charge in [-0.1, -0.05) is 17.3 Å². The number of benzene rings is 1. The molecule has 5 rings (SSSR count). The first-order valence-electron chi connectivity index (χ1n) is 10.9. The number of hydrogen-bond donors (Lipinski definition) is 0. The van der Waals surface area contributed by atoms with Gasteiger partial charge in [-0.25, -0.2) is 13.5 Å². The van der Waals surface area contributed by atoms with Gasteiger partial charge in [0, 0.05) is 24.7 Å². The molecule has 4 heterocycles. The largest absolute Gasteiger partial charge is 0.470 e. The molecule has 3 aromatic rings. The lowest BCUT2D eigenvalue weighted by molar-refractivity contribution is -0.140. The second kappa shape index (κ2) is 9.29. The Kier molecular flexibility index (Phi) is 6.05. The van der Waals surface area contributed by atoms with E-state index in [9.17, 15) is 13.6 Å². The van der Waals surface area contributed by atoms with Gasteiger partial charge in [0.1, 0.15) is 12.3 Å². The van der Waals surface area contributed by atoms with Crippen LogP contribution in [0.4, 0.5) is 14.6 Å². The molecule has 34 heavy (non-hydrogen) atoms. The van der Waals surface area contributed by atoms with Gasteiger partial charge in [0.05, 0.1) is 37.2 Å². The Morgan fingerprint density at radius 2 is 1.97 bits per heavy atom. The second-order valence-corrected chi connectivity index (χ2v) is 8.14. The molecule has 12 heteroatoms. The third kappa shape index (κ3) is 4.40. The van der Waals surface area contributed by atoms with E-state index in [-0.39, 0.29) is 30.7 Å². The van der Waals surface area contributed by atoms with Gasteiger partial charge in [-0.3, -0.25) is 4.79 Å². The summed E-state index contributed by atoms with van der Waals surface area (Å²) in [6.45, 7) is 4.49. The molecule has 2 fully saturated rings. The van der Waals surface area contributed by atoms with Crippen molar-refractivity contribution in [2.24, 2.45) is 0 Å². The van der Waals surface area contributed by atoms with E-state index in [1.807, 2.05) is 9.80 Å². The van der Waals surface area contributed by atoms with Crippen LogP contribution in [0.2, 0.25) is 0 Å². The highest BCUT2D eigenvalue weighted by Crippen LogP contribution is 2.23. The Balaban J connectivity index is 1.25. The number of carbonyl (C=O) groups excluding carboxylic acids is 1. The van der Waals surface area contributed by atoms with Gasteiger partial charge in [0.2, 0.25) is 11.8 Å². The van der Waals surface area contributed by atoms with E-state index in [2.05, 4.69) is 20.5 Å². The van der Waals surface area contributed by atoms with Crippen molar-refractivity contribution in [3.05, 3.63) is 53.3 Å². The minimum absolute atomic E-state index is 0.0123. The van der Waals surface area contributed by atoms with Crippen LogP contribution in [0.1, 0.15) is 23.4 Å². The molecule has 0 saturated carbocycles. The zero-order valence-electron chi connectivity index (χ0n) is 18.5. The number of hydrogen-bond acceptors (Lipinski definition) is 8. The zero-order valence-corrected chi connectivity index (χ0v) is 18.5. The SMILES string of the molecule is Cc1nnn(-c2ccc(C(F)F)cc2)c1COc1ccc(N2CC(=O)N3CCOCC3C2)nn1. The highest BCUT2D eigenvalue weighted by atomic mass is 19.3. The molecule has 0 N–H and O–H groups in total. The van der Waals surface area contributed by atoms with Crippen molar-refractivity contribution >= 4 is 11.7 Å². The third-order valence-corrected chi connectivity index (χ3v) is 5.96. The normalized spacial score (nSPS) is 18.4. The number of fused-ring (bicyclic) bond motifs is 1. The van der Waals surface area contributed by atoms with Crippen LogP contribution in [0.5, 0.6) is 5.88 Å². The first-order chi connectivity index (χ1) is 16.5. The molecule has 0 radical (unpaired) electrons. The third-order valence-electron chi connectivity index (χ3n) is 5.96. The molecule has 1 amide bonds. The van der Waals surface area contributed by atoms with E-state index in [0.717, 1.165) is 0 Å². The van der Waals surface area contributed by atoms with E-state index in [1.54, 1.807) is 35.9 Å². The van der Waals surface area contributed by atoms with Crippen LogP contribution < -0.4 is 9.64 Å². The number of aryl methyl sites for hydroxylation is 1. The monoisotopic (exact) mass is 471 g/mol. The molecule has 1 unspecified atom stereocenters. The van der Waals surface area contributed by atoms with Gasteiger partial charge < -0.3 is 19.3 Å². The van der Waals surface area contributed by atoms with Gasteiger partial charge in [0.15, 0.2) is 5.82 Å². The molecular formula is C22H23F2N7O3. The summed E-state index contributed by atoms with van der Waals surface area (Å²) in [6, 6.07) is 9.31. The van der Waals surface area contributed by atoms with E-state index >= 15 is 0 Å². The Hall–Kier alpha value is -3.67. The minimum Gasteiger partial charge on any atom is -0.470 e. The summed E-state index contributed by atoms with van der Waals surface area (Å²) in [5, 5.41) is 16.5. The molecule has 178 valence electrons. The number of amides is 1. The van der Waals surface area contributed by atoms with Gasteiger partial charge >= 0.3 is 0 Å². The number of carbonyl (C=O) groups is 1. The number of alkyl halides is 2. The van der Waals surface area contributed by atoms with Crippen LogP contribution in [0, 0.1) is 6.92 Å². The quantitative estimate of drug-likeness (QED) is 0.538. The molecule has 10 nitrogen and oxygen atoms in total. The maximum Gasteiger partial charge on any atom is 0.263 e. The molecule has 0 bridgehead atoms. The van der Waals surface area contributed by atoms with Gasteiger partial charge in [-0.05, 0) is 25.1 Å². The van der Waals surface area contributed by atoms with E-state index < -0.39 is 6.43 Å². The summed E-state index contributed by atoms with van der Waals surface area (Å²) in [5.41, 5.74) is 1.84. The van der Waals surface area contributed by atoms with Crippen molar-refractivity contribution < 1.29 is 23.0 Å². The molecule has 2 aliphatic rings. The van der Waals surface area contributed by atoms with Crippen molar-refractivity contribution in [2.45, 2.75) is 26.0 Å². The van der Waals surface area contributed by atoms with Crippen molar-refractivity contribution in [1.29, 1.82) is 0 Å². The first kappa shape index (κ1) is 22.1. The van der Waals surface area contributed by atoms with Crippen molar-refractivity contribution in [1.82, 2.24) is 30.1 Å². The summed E-state index contributed by atoms with van der Waals surface area (Å²) in [7, 11) is 0. The van der Waals surface area contributed by atoms with Gasteiger partial charge in [-0.2, -0.15) is 0 Å². The second-order valence-electron chi connectivity index (χ2n) is 8.14. The van der Waals surface area contributed by atoms with Gasteiger partial charge in [-0.15, -0.1) is 15.3 Å². The Bertz CT molecular complexity index is 1150. The predicted octanol–water partition coefficient (Wildman–Crippen LogP) is 1.93. The fourth-order valence-corrected chi connectivity index (χ4v) is 4.09. The topological polar surface area (TPSA) is 98.5 Å². The maximum absolute atomic E-state index is 12.8. The Labute approximate surface area is 194 Å². The van der Waals surface area contributed by atoms with E-state index in [1.165, 1.54) is 12.1 Å². The summed E-state index contributed by atoms with van der Waals surface area (Å²) in [5.74, 6) is 0.947. The Morgan fingerprint density at radius 3 is 2.71 bits per heavy atom. The number of halogens is 2. The molecular weight excluding hydrogens is 448 g/mol. The average molecular weight is 471 g/mol. The fraction of sp³-hybridized carbons (Fsp3) is 0.409. The van der Waals surface area contributed by atoms with Crippen LogP contribution in [0.3, 0.4) is 0 Å². The smallest absolute Gasteiger partial charge is 0.263 e. The number of aromatic nitrogens is 5. The zero-order chi connectivity index (χ0) is 23.7. The summed E-state index contributed by atoms with van der Waals surface area (Å²) < 4.78 is 38.5. The summed E-state index contributed by atoms with van der Waals surface area (Å²) in [6.07, 6.45) is -2.53. The number of morpholine rings is 1. The molecule has 1 aromatic carbocycles. The maximum atomic E-state index is 12.8. The lowest BCUT2D eigenvalue weighted by atomic mass is 10.1. The fourth-order valence-electron chi connectivity index (χ4n) is 4.09. The molecule has 1 atom stereocenters. The molecule has 2 saturated heterocycles. The highest BCUT2D eigenvalue weighted by Gasteiger charge is 2.35. The highest BCUT2D eigenvalue weighted by molar-refractivity contribution is 5.83. The first-order valence-corrected chi connectivity index (χ1v) is 10.9. The van der Waals surface area contributed by atoms with Crippen LogP contribution in [0.15, 0.2) is 36.4 Å². The lowest BCUT2D eigenvalue weighted by Crippen LogP contribution is -2.61. The molecule has 0 spiro atoms. The summed E-state index contributed by atoms with van der Waals surface area (Å²) >= 11 is 0. The van der Waals surface area contributed by atoms with Crippen molar-refractivity contribution in [2.75, 3.05) is 37.7 Å². The van der Waals surface area contributed by atoms with Crippen LogP contribution in [0.25, 0.3) is 5.69 Å². The van der Waals surface area contributed by atoms with E-state index in [0.29, 0.717) is 55.1 Å². The molecule has 2 aromatic heterocycles. The van der Waals surface area contributed by atoms with Gasteiger partial charge in [0.25, 0.3) is 6.43 Å². The van der Waals surface area contributed by atoms with Crippen molar-refractivity contribution in [3.8, 4) is 11.6 Å². The number of ether oxygens (including phenoxy) is 2. The minimum atomic E-state index is -2.53. The van der Waals surface area contributed by atoms with Crippen LogP contribution in [-0.4, -0.2) is 74.9 Å². The predicted molar refractivity (Wildman–Crippen MR) is 116 cm³/mol. The van der Waals surface area contributed by atoms with Crippen LogP contribution >= 0.6 is 0 Å². The summed E-state index contributed by atoms with van der Waals surface area (Å²) in [4.78, 5) is 16.2. The number of nitrogens with zero attached hydrogens (tertiary/aromatic N) is 7. The van der Waals surface area contributed by atoms with Crippen LogP contribution in [-0.2, 0) is 16.1 Å². The standard InChI is InChI=1S/C22H23F2N7O3/c1-14-18(31(28-25-14)16-4-2-15(3-5-16)22(23)24)13-34-20-7-6-19(26-27-20)29-10-17-12-33-9-8-30(17)21(32)11-29/h2-7,17,22H,8-13H2,1H3. The van der Waals surface area contributed by atoms with Crippen molar-refractivity contribution in [3.63, 3.8) is 0 Å².